The minimum Gasteiger partial charge on any atom is -0.508 e. The molecule has 0 fully saturated rings. The molecule has 2 aromatic rings. The lowest BCUT2D eigenvalue weighted by Crippen LogP contribution is -2.21. The van der Waals surface area contributed by atoms with Crippen LogP contribution >= 0.6 is 0 Å². The van der Waals surface area contributed by atoms with Crippen LogP contribution in [0.4, 0.5) is 13.2 Å². The molecule has 0 saturated heterocycles. The zero-order chi connectivity index (χ0) is 19.9. The number of carbonyl (C=O) groups is 2. The van der Waals surface area contributed by atoms with Crippen LogP contribution in [0, 0.1) is 0 Å². The van der Waals surface area contributed by atoms with Crippen molar-refractivity contribution in [3.63, 3.8) is 0 Å². The Bertz CT molecular complexity index is 768. The molecule has 6 nitrogen and oxygen atoms in total. The third-order valence-electron chi connectivity index (χ3n) is 3.05. The van der Waals surface area contributed by atoms with Crippen LogP contribution in [0.1, 0.15) is 31.3 Å². The highest BCUT2D eigenvalue weighted by molar-refractivity contribution is 5.96. The largest absolute Gasteiger partial charge is 0.508 e. The van der Waals surface area contributed by atoms with E-state index < -0.39 is 18.7 Å². The summed E-state index contributed by atoms with van der Waals surface area (Å²) in [4.78, 5) is 21.6. The average Bonchev–Trinajstić information content (AvgIpc) is 2.84. The molecule has 9 heteroatoms. The first-order valence-electron chi connectivity index (χ1n) is 7.78. The maximum absolute atomic E-state index is 12.6. The molecule has 0 radical (unpaired) electrons. The van der Waals surface area contributed by atoms with Crippen molar-refractivity contribution in [1.82, 2.24) is 4.57 Å². The Morgan fingerprint density at radius 3 is 2.19 bits per heavy atom. The number of aromatic nitrogens is 1. The fraction of sp³-hybridized carbons (Fsp3) is 0.412. The molecular formula is C17H20F3NO5. The Morgan fingerprint density at radius 1 is 1.12 bits per heavy atom. The number of fused-ring (bicyclic) bond motifs is 1. The van der Waals surface area contributed by atoms with E-state index in [0.717, 1.165) is 4.57 Å². The molecule has 2 rings (SSSR count). The van der Waals surface area contributed by atoms with Crippen molar-refractivity contribution in [2.45, 2.75) is 33.5 Å². The topological polar surface area (TPSA) is 77.8 Å². The second kappa shape index (κ2) is 9.12. The van der Waals surface area contributed by atoms with Crippen molar-refractivity contribution in [2.24, 2.45) is 0 Å². The number of aromatic hydroxyl groups is 1. The third-order valence-corrected chi connectivity index (χ3v) is 3.05. The summed E-state index contributed by atoms with van der Waals surface area (Å²) in [6, 6.07) is 5.17. The van der Waals surface area contributed by atoms with Gasteiger partial charge in [0.1, 0.15) is 18.0 Å². The van der Waals surface area contributed by atoms with Gasteiger partial charge in [-0.05, 0) is 38.1 Å². The number of benzene rings is 1. The molecule has 144 valence electrons. The summed E-state index contributed by atoms with van der Waals surface area (Å²) < 4.78 is 47.9. The molecule has 0 atom stereocenters. The Kier molecular flexibility index (Phi) is 7.48. The molecule has 0 aliphatic carbocycles. The van der Waals surface area contributed by atoms with E-state index in [1.54, 1.807) is 13.8 Å². The minimum absolute atomic E-state index is 0.0671. The van der Waals surface area contributed by atoms with Gasteiger partial charge in [-0.2, -0.15) is 13.2 Å². The Morgan fingerprint density at radius 2 is 1.73 bits per heavy atom. The maximum Gasteiger partial charge on any atom is 0.406 e. The third kappa shape index (κ3) is 6.30. The average molecular weight is 375 g/mol. The number of phenolic OH excluding ortho intramolecular Hbond substituents is 1. The standard InChI is InChI=1S/C13H12F3NO3.C4H8O2/c1-2-20-12(19)11-6-8-5-9(18)3-4-10(8)17(11)7-13(14,15)16;1-3-6-4(2)5/h3-6,18H,2,7H2,1H3;3H2,1-2H3. The van der Waals surface area contributed by atoms with E-state index in [1.165, 1.54) is 31.2 Å². The fourth-order valence-electron chi connectivity index (χ4n) is 2.19. The number of ether oxygens (including phenoxy) is 2. The molecule has 1 aromatic carbocycles. The van der Waals surface area contributed by atoms with Crippen LogP contribution in [0.5, 0.6) is 5.75 Å². The van der Waals surface area contributed by atoms with Gasteiger partial charge in [-0.25, -0.2) is 4.79 Å². The fourth-order valence-corrected chi connectivity index (χ4v) is 2.19. The van der Waals surface area contributed by atoms with Crippen LogP contribution in [0.15, 0.2) is 24.3 Å². The molecule has 1 aromatic heterocycles. The Labute approximate surface area is 148 Å². The van der Waals surface area contributed by atoms with Crippen LogP contribution in [0.3, 0.4) is 0 Å². The van der Waals surface area contributed by atoms with Gasteiger partial charge >= 0.3 is 18.1 Å². The molecule has 0 unspecified atom stereocenters. The lowest BCUT2D eigenvalue weighted by Gasteiger charge is -2.12. The molecule has 0 amide bonds. The second-order valence-electron chi connectivity index (χ2n) is 5.12. The first kappa shape index (κ1) is 21.3. The molecule has 1 heterocycles. The van der Waals surface area contributed by atoms with E-state index in [9.17, 15) is 27.9 Å². The van der Waals surface area contributed by atoms with Gasteiger partial charge in [-0.15, -0.1) is 0 Å². The van der Waals surface area contributed by atoms with E-state index in [-0.39, 0.29) is 29.5 Å². The van der Waals surface area contributed by atoms with Gasteiger partial charge in [-0.3, -0.25) is 4.79 Å². The van der Waals surface area contributed by atoms with Crippen LogP contribution in [0.25, 0.3) is 10.9 Å². The number of nitrogens with zero attached hydrogens (tertiary/aromatic N) is 1. The van der Waals surface area contributed by atoms with Gasteiger partial charge in [0.15, 0.2) is 0 Å². The first-order valence-corrected chi connectivity index (χ1v) is 7.78. The first-order chi connectivity index (χ1) is 12.1. The van der Waals surface area contributed by atoms with Gasteiger partial charge in [-0.1, -0.05) is 0 Å². The van der Waals surface area contributed by atoms with E-state index in [1.807, 2.05) is 0 Å². The molecule has 1 N–H and O–H groups in total. The van der Waals surface area contributed by atoms with Crippen molar-refractivity contribution in [2.75, 3.05) is 13.2 Å². The monoisotopic (exact) mass is 375 g/mol. The highest BCUT2D eigenvalue weighted by atomic mass is 19.4. The molecule has 0 saturated carbocycles. The maximum atomic E-state index is 12.6. The molecule has 0 aliphatic heterocycles. The lowest BCUT2D eigenvalue weighted by atomic mass is 10.2. The van der Waals surface area contributed by atoms with Crippen molar-refractivity contribution < 1.29 is 37.3 Å². The predicted molar refractivity (Wildman–Crippen MR) is 87.9 cm³/mol. The van der Waals surface area contributed by atoms with Gasteiger partial charge in [0.05, 0.1) is 13.2 Å². The SMILES string of the molecule is CCOC(=O)c1cc2cc(O)ccc2n1CC(F)(F)F.CCOC(C)=O. The second-order valence-corrected chi connectivity index (χ2v) is 5.12. The van der Waals surface area contributed by atoms with E-state index >= 15 is 0 Å². The van der Waals surface area contributed by atoms with E-state index in [0.29, 0.717) is 12.0 Å². The molecule has 0 aliphatic rings. The summed E-state index contributed by atoms with van der Waals surface area (Å²) in [5, 5.41) is 9.70. The lowest BCUT2D eigenvalue weighted by molar-refractivity contribution is -0.141. The van der Waals surface area contributed by atoms with E-state index in [2.05, 4.69) is 4.74 Å². The van der Waals surface area contributed by atoms with Gasteiger partial charge in [0.25, 0.3) is 0 Å². The van der Waals surface area contributed by atoms with Gasteiger partial charge in [0, 0.05) is 17.8 Å². The zero-order valence-electron chi connectivity index (χ0n) is 14.6. The Hall–Kier alpha value is -2.71. The van der Waals surface area contributed by atoms with Gasteiger partial charge < -0.3 is 19.1 Å². The van der Waals surface area contributed by atoms with Crippen LogP contribution in [-0.4, -0.2) is 41.0 Å². The quantitative estimate of drug-likeness (QED) is 0.826. The predicted octanol–water partition coefficient (Wildman–Crippen LogP) is 3.66. The zero-order valence-corrected chi connectivity index (χ0v) is 14.6. The molecule has 0 bridgehead atoms. The van der Waals surface area contributed by atoms with Crippen molar-refractivity contribution >= 4 is 22.8 Å². The van der Waals surface area contributed by atoms with Crippen molar-refractivity contribution in [1.29, 1.82) is 0 Å². The van der Waals surface area contributed by atoms with Crippen molar-refractivity contribution in [3.8, 4) is 5.75 Å². The summed E-state index contributed by atoms with van der Waals surface area (Å²) in [5.41, 5.74) is 0.0213. The van der Waals surface area contributed by atoms with Crippen LogP contribution < -0.4 is 0 Å². The molecular weight excluding hydrogens is 355 g/mol. The Balaban J connectivity index is 0.000000487. The number of rotatable bonds is 4. The smallest absolute Gasteiger partial charge is 0.406 e. The number of hydrogen-bond donors (Lipinski definition) is 1. The number of halogens is 3. The number of hydrogen-bond acceptors (Lipinski definition) is 5. The summed E-state index contributed by atoms with van der Waals surface area (Å²) in [5.74, 6) is -1.12. The number of alkyl halides is 3. The minimum atomic E-state index is -4.47. The van der Waals surface area contributed by atoms with Crippen LogP contribution in [0.2, 0.25) is 0 Å². The highest BCUT2D eigenvalue weighted by Crippen LogP contribution is 2.28. The number of carbonyl (C=O) groups excluding carboxylic acids is 2. The van der Waals surface area contributed by atoms with Crippen molar-refractivity contribution in [3.05, 3.63) is 30.0 Å². The number of esters is 2. The normalized spacial score (nSPS) is 10.8. The van der Waals surface area contributed by atoms with E-state index in [4.69, 9.17) is 4.74 Å². The summed E-state index contributed by atoms with van der Waals surface area (Å²) in [6.45, 7) is 3.99. The molecule has 26 heavy (non-hydrogen) atoms. The summed E-state index contributed by atoms with van der Waals surface area (Å²) in [6.07, 6.45) is -4.47. The summed E-state index contributed by atoms with van der Waals surface area (Å²) in [7, 11) is 0. The highest BCUT2D eigenvalue weighted by Gasteiger charge is 2.31. The molecule has 0 spiro atoms. The number of phenols is 1. The van der Waals surface area contributed by atoms with Gasteiger partial charge in [0.2, 0.25) is 0 Å². The van der Waals surface area contributed by atoms with Crippen LogP contribution in [-0.2, 0) is 20.8 Å². The summed E-state index contributed by atoms with van der Waals surface area (Å²) >= 11 is 0.